The van der Waals surface area contributed by atoms with E-state index in [1.54, 1.807) is 4.90 Å². The molecule has 2 aromatic rings. The molecule has 7 heteroatoms. The van der Waals surface area contributed by atoms with Gasteiger partial charge in [0, 0.05) is 36.6 Å². The number of nitrogens with zero attached hydrogens (tertiary/aromatic N) is 2. The third-order valence-electron chi connectivity index (χ3n) is 6.63. The van der Waals surface area contributed by atoms with Crippen molar-refractivity contribution in [3.05, 3.63) is 63.9 Å². The normalized spacial score (nSPS) is 17.8. The minimum Gasteiger partial charge on any atom is -0.466 e. The van der Waals surface area contributed by atoms with Crippen LogP contribution in [0, 0.1) is 5.92 Å². The van der Waals surface area contributed by atoms with E-state index >= 15 is 0 Å². The highest BCUT2D eigenvalue weighted by molar-refractivity contribution is 6.30. The first-order valence-electron chi connectivity index (χ1n) is 12.0. The Balaban J connectivity index is 1.69. The first-order valence-corrected chi connectivity index (χ1v) is 12.4. The van der Waals surface area contributed by atoms with Gasteiger partial charge in [-0.3, -0.25) is 9.78 Å². The van der Waals surface area contributed by atoms with Gasteiger partial charge in [-0.25, -0.2) is 4.79 Å². The summed E-state index contributed by atoms with van der Waals surface area (Å²) in [6.45, 7) is 5.72. The van der Waals surface area contributed by atoms with Crippen LogP contribution < -0.4 is 0 Å². The van der Waals surface area contributed by atoms with E-state index in [9.17, 15) is 9.59 Å². The molecule has 1 unspecified atom stereocenters. The lowest BCUT2D eigenvalue weighted by Crippen LogP contribution is -2.40. The van der Waals surface area contributed by atoms with Gasteiger partial charge in [0.05, 0.1) is 18.9 Å². The maximum Gasteiger partial charge on any atom is 0.409 e. The fraction of sp³-hybridized carbons (Fsp3) is 0.444. The predicted octanol–water partition coefficient (Wildman–Crippen LogP) is 5.93. The summed E-state index contributed by atoms with van der Waals surface area (Å²) in [5.74, 6) is 0.187. The number of likely N-dealkylation sites (tertiary alicyclic amines) is 1. The summed E-state index contributed by atoms with van der Waals surface area (Å²) < 4.78 is 10.4. The number of halogens is 1. The molecule has 1 fully saturated rings. The lowest BCUT2D eigenvalue weighted by molar-refractivity contribution is -0.142. The molecule has 1 atom stereocenters. The van der Waals surface area contributed by atoms with Crippen molar-refractivity contribution in [2.75, 3.05) is 26.3 Å². The molecule has 0 radical (unpaired) electrons. The molecule has 34 heavy (non-hydrogen) atoms. The number of rotatable bonds is 6. The number of aromatic nitrogens is 1. The van der Waals surface area contributed by atoms with Crippen molar-refractivity contribution in [2.45, 2.75) is 45.4 Å². The Morgan fingerprint density at radius 3 is 2.62 bits per heavy atom. The van der Waals surface area contributed by atoms with Crippen molar-refractivity contribution in [1.82, 2.24) is 9.88 Å². The van der Waals surface area contributed by atoms with Gasteiger partial charge in [0.25, 0.3) is 0 Å². The molecule has 1 aliphatic carbocycles. The maximum atomic E-state index is 12.2. The third-order valence-corrected chi connectivity index (χ3v) is 6.87. The number of piperidine rings is 1. The lowest BCUT2D eigenvalue weighted by Gasteiger charge is -2.36. The molecule has 1 amide bonds. The molecular weight excluding hydrogens is 452 g/mol. The van der Waals surface area contributed by atoms with Gasteiger partial charge in [0.1, 0.15) is 0 Å². The molecule has 4 rings (SSSR count). The molecule has 1 aromatic heterocycles. The number of benzene rings is 1. The Bertz CT molecular complexity index is 1080. The predicted molar refractivity (Wildman–Crippen MR) is 133 cm³/mol. The molecule has 2 aliphatic rings. The molecule has 0 N–H and O–H groups in total. The van der Waals surface area contributed by atoms with Gasteiger partial charge in [-0.2, -0.15) is 0 Å². The number of fused-ring (bicyclic) bond motifs is 2. The number of allylic oxidation sites excluding steroid dienone is 1. The Labute approximate surface area is 205 Å². The summed E-state index contributed by atoms with van der Waals surface area (Å²) >= 11 is 6.44. The molecule has 1 aromatic carbocycles. The highest BCUT2D eigenvalue weighted by Gasteiger charge is 2.35. The summed E-state index contributed by atoms with van der Waals surface area (Å²) in [5, 5.41) is 0.663. The number of hydrogen-bond acceptors (Lipinski definition) is 5. The summed E-state index contributed by atoms with van der Waals surface area (Å²) in [6, 6.07) is 10.1. The van der Waals surface area contributed by atoms with Crippen LogP contribution in [-0.4, -0.2) is 48.2 Å². The molecule has 1 aliphatic heterocycles. The van der Waals surface area contributed by atoms with E-state index in [-0.39, 0.29) is 18.0 Å². The number of carbonyl (C=O) groups excluding carboxylic acids is 2. The fourth-order valence-corrected chi connectivity index (χ4v) is 5.26. The zero-order valence-electron chi connectivity index (χ0n) is 19.8. The molecule has 0 saturated carbocycles. The minimum absolute atomic E-state index is 0.0733. The summed E-state index contributed by atoms with van der Waals surface area (Å²) in [4.78, 5) is 30.9. The van der Waals surface area contributed by atoms with Crippen molar-refractivity contribution in [3.8, 4) is 0 Å². The van der Waals surface area contributed by atoms with Crippen molar-refractivity contribution < 1.29 is 19.1 Å². The summed E-state index contributed by atoms with van der Waals surface area (Å²) in [7, 11) is 0. The van der Waals surface area contributed by atoms with Gasteiger partial charge in [-0.05, 0) is 85.6 Å². The first kappa shape index (κ1) is 24.3. The zero-order chi connectivity index (χ0) is 24.1. The van der Waals surface area contributed by atoms with Crippen LogP contribution in [0.1, 0.15) is 67.8 Å². The first-order chi connectivity index (χ1) is 16.5. The van der Waals surface area contributed by atoms with Crippen LogP contribution in [-0.2, 0) is 14.3 Å². The van der Waals surface area contributed by atoms with Crippen molar-refractivity contribution >= 4 is 35.3 Å². The molecule has 0 bridgehead atoms. The van der Waals surface area contributed by atoms with Crippen LogP contribution in [0.5, 0.6) is 0 Å². The second-order valence-corrected chi connectivity index (χ2v) is 9.12. The Hall–Kier alpha value is -2.86. The van der Waals surface area contributed by atoms with Crippen molar-refractivity contribution in [1.29, 1.82) is 0 Å². The maximum absolute atomic E-state index is 12.2. The molecule has 0 spiro atoms. The van der Waals surface area contributed by atoms with Crippen molar-refractivity contribution in [2.24, 2.45) is 5.92 Å². The van der Waals surface area contributed by atoms with Crippen LogP contribution in [0.25, 0.3) is 11.6 Å². The fourth-order valence-electron chi connectivity index (χ4n) is 5.09. The quantitative estimate of drug-likeness (QED) is 0.477. The van der Waals surface area contributed by atoms with Crippen LogP contribution in [0.15, 0.2) is 36.5 Å². The summed E-state index contributed by atoms with van der Waals surface area (Å²) in [5.41, 5.74) is 5.39. The van der Waals surface area contributed by atoms with Gasteiger partial charge in [-0.15, -0.1) is 0 Å². The molecule has 180 valence electrons. The number of hydrogen-bond donors (Lipinski definition) is 0. The number of carbonyl (C=O) groups is 2. The Morgan fingerprint density at radius 1 is 1.12 bits per heavy atom. The van der Waals surface area contributed by atoms with Crippen molar-refractivity contribution in [3.63, 3.8) is 0 Å². The van der Waals surface area contributed by atoms with Gasteiger partial charge >= 0.3 is 12.1 Å². The topological polar surface area (TPSA) is 68.7 Å². The average molecular weight is 483 g/mol. The molecular formula is C27H31ClN2O4. The number of esters is 1. The molecule has 1 saturated heterocycles. The second-order valence-electron chi connectivity index (χ2n) is 8.69. The van der Waals surface area contributed by atoms with Gasteiger partial charge in [0.15, 0.2) is 0 Å². The Kier molecular flexibility index (Phi) is 7.88. The van der Waals surface area contributed by atoms with Gasteiger partial charge < -0.3 is 14.4 Å². The van der Waals surface area contributed by atoms with E-state index in [2.05, 4.69) is 18.2 Å². The van der Waals surface area contributed by atoms with Gasteiger partial charge in [0.2, 0.25) is 0 Å². The van der Waals surface area contributed by atoms with Crippen LogP contribution in [0.2, 0.25) is 5.02 Å². The smallest absolute Gasteiger partial charge is 0.409 e. The highest BCUT2D eigenvalue weighted by atomic mass is 35.5. The molecule has 2 heterocycles. The Morgan fingerprint density at radius 2 is 1.88 bits per heavy atom. The average Bonchev–Trinajstić information content (AvgIpc) is 2.97. The van der Waals surface area contributed by atoms with E-state index in [0.717, 1.165) is 35.2 Å². The molecule has 6 nitrogen and oxygen atoms in total. The van der Waals surface area contributed by atoms with E-state index in [0.29, 0.717) is 50.1 Å². The second kappa shape index (κ2) is 11.0. The van der Waals surface area contributed by atoms with Crippen LogP contribution in [0.4, 0.5) is 4.79 Å². The highest BCUT2D eigenvalue weighted by Crippen LogP contribution is 2.45. The third kappa shape index (κ3) is 5.27. The monoisotopic (exact) mass is 482 g/mol. The number of ether oxygens (including phenoxy) is 2. The van der Waals surface area contributed by atoms with Gasteiger partial charge in [-0.1, -0.05) is 23.7 Å². The number of amides is 1. The SMILES string of the molecule is CCOC(=O)CCC1=Cc2cccnc2C(C2CCN(C(=O)OCC)CC2)c2ccc(Cl)cc21. The number of pyridine rings is 1. The van der Waals surface area contributed by atoms with E-state index in [4.69, 9.17) is 26.1 Å². The van der Waals surface area contributed by atoms with Crippen LogP contribution >= 0.6 is 11.6 Å². The largest absolute Gasteiger partial charge is 0.466 e. The van der Waals surface area contributed by atoms with E-state index in [1.807, 2.05) is 38.2 Å². The van der Waals surface area contributed by atoms with Crippen LogP contribution in [0.3, 0.4) is 0 Å². The van der Waals surface area contributed by atoms with E-state index < -0.39 is 0 Å². The lowest BCUT2D eigenvalue weighted by atomic mass is 9.76. The summed E-state index contributed by atoms with van der Waals surface area (Å²) in [6.07, 6.45) is 6.34. The van der Waals surface area contributed by atoms with E-state index in [1.165, 1.54) is 5.56 Å². The standard InChI is InChI=1S/C27H31ClN2O4/c1-3-33-24(31)10-7-19-16-20-6-5-13-29-26(20)25(22-9-8-21(28)17-23(19)22)18-11-14-30(15-12-18)27(32)34-4-2/h5-6,8-9,13,16-18,25H,3-4,7,10-12,14-15H2,1-2H3. The minimum atomic E-state index is -0.240. The zero-order valence-corrected chi connectivity index (χ0v) is 20.5.